The maximum absolute atomic E-state index is 11.9. The molecule has 1 rings (SSSR count). The van der Waals surface area contributed by atoms with Crippen molar-refractivity contribution in [3.63, 3.8) is 0 Å². The number of halogens is 1. The summed E-state index contributed by atoms with van der Waals surface area (Å²) in [6.45, 7) is 4.07. The highest BCUT2D eigenvalue weighted by Gasteiger charge is 2.37. The maximum Gasteiger partial charge on any atom is 0.242 e. The molecule has 0 aliphatic heterocycles. The van der Waals surface area contributed by atoms with E-state index in [0.717, 1.165) is 12.8 Å². The number of rotatable bonds is 4. The summed E-state index contributed by atoms with van der Waals surface area (Å²) in [5.74, 6) is -0.374. The minimum Gasteiger partial charge on any atom is -0.355 e. The van der Waals surface area contributed by atoms with Crippen LogP contribution in [0.3, 0.4) is 0 Å². The van der Waals surface area contributed by atoms with Crippen LogP contribution in [0.25, 0.3) is 0 Å². The average molecular weight is 264 g/mol. The minimum absolute atomic E-state index is 0. The zero-order chi connectivity index (χ0) is 12.2. The van der Waals surface area contributed by atoms with Gasteiger partial charge in [0, 0.05) is 6.54 Å². The summed E-state index contributed by atoms with van der Waals surface area (Å²) in [5.41, 5.74) is 5.22. The van der Waals surface area contributed by atoms with E-state index in [0.29, 0.717) is 19.4 Å². The van der Waals surface area contributed by atoms with E-state index in [2.05, 4.69) is 10.6 Å². The summed E-state index contributed by atoms with van der Waals surface area (Å²) in [6, 6.07) is -0.520. The van der Waals surface area contributed by atoms with E-state index < -0.39 is 11.6 Å². The molecule has 0 saturated heterocycles. The number of nitrogens with one attached hydrogen (secondary N) is 2. The fourth-order valence-corrected chi connectivity index (χ4v) is 1.97. The van der Waals surface area contributed by atoms with Crippen LogP contribution in [0.4, 0.5) is 0 Å². The van der Waals surface area contributed by atoms with Crippen molar-refractivity contribution >= 4 is 24.2 Å². The Morgan fingerprint density at radius 2 is 1.88 bits per heavy atom. The van der Waals surface area contributed by atoms with Gasteiger partial charge in [0.2, 0.25) is 11.8 Å². The Morgan fingerprint density at radius 3 is 2.35 bits per heavy atom. The first-order chi connectivity index (χ1) is 7.49. The lowest BCUT2D eigenvalue weighted by Gasteiger charge is -2.24. The van der Waals surface area contributed by atoms with Crippen LogP contribution < -0.4 is 16.4 Å². The molecule has 1 atom stereocenters. The van der Waals surface area contributed by atoms with Crippen LogP contribution in [-0.4, -0.2) is 29.9 Å². The Balaban J connectivity index is 0.00000256. The van der Waals surface area contributed by atoms with Gasteiger partial charge in [0.15, 0.2) is 0 Å². The Bertz CT molecular complexity index is 278. The van der Waals surface area contributed by atoms with Crippen molar-refractivity contribution in [2.24, 2.45) is 5.73 Å². The van der Waals surface area contributed by atoms with Crippen LogP contribution in [0.5, 0.6) is 0 Å². The van der Waals surface area contributed by atoms with Crippen LogP contribution in [-0.2, 0) is 9.59 Å². The van der Waals surface area contributed by atoms with E-state index >= 15 is 0 Å². The van der Waals surface area contributed by atoms with Gasteiger partial charge in [-0.1, -0.05) is 12.8 Å². The van der Waals surface area contributed by atoms with Gasteiger partial charge < -0.3 is 16.4 Å². The number of carbonyl (C=O) groups is 2. The Kier molecular flexibility index (Phi) is 6.49. The zero-order valence-electron chi connectivity index (χ0n) is 10.4. The van der Waals surface area contributed by atoms with Crippen molar-refractivity contribution in [1.29, 1.82) is 0 Å². The highest BCUT2D eigenvalue weighted by atomic mass is 35.5. The molecule has 0 heterocycles. The molecule has 1 saturated carbocycles. The van der Waals surface area contributed by atoms with Crippen LogP contribution in [0.2, 0.25) is 0 Å². The number of hydrogen-bond donors (Lipinski definition) is 3. The molecule has 1 aliphatic carbocycles. The van der Waals surface area contributed by atoms with E-state index in [4.69, 9.17) is 5.73 Å². The number of amides is 2. The molecule has 5 nitrogen and oxygen atoms in total. The van der Waals surface area contributed by atoms with E-state index in [1.165, 1.54) is 0 Å². The third kappa shape index (κ3) is 4.16. The number of nitrogens with two attached hydrogens (primary N) is 1. The van der Waals surface area contributed by atoms with Crippen molar-refractivity contribution in [1.82, 2.24) is 10.6 Å². The lowest BCUT2D eigenvalue weighted by Crippen LogP contribution is -2.56. The second kappa shape index (κ2) is 6.81. The van der Waals surface area contributed by atoms with Crippen LogP contribution in [0, 0.1) is 0 Å². The standard InChI is InChI=1S/C11H21N3O2.ClH/c1-3-13-9(15)8(2)14-10(16)11(12)6-4-5-7-11;/h8H,3-7,12H2,1-2H3,(H,13,15)(H,14,16);1H. The van der Waals surface area contributed by atoms with Crippen molar-refractivity contribution < 1.29 is 9.59 Å². The molecule has 0 aromatic heterocycles. The largest absolute Gasteiger partial charge is 0.355 e. The topological polar surface area (TPSA) is 84.2 Å². The predicted octanol–water partition coefficient (Wildman–Crippen LogP) is 0.320. The molecule has 0 aromatic carbocycles. The van der Waals surface area contributed by atoms with Crippen LogP contribution in [0.1, 0.15) is 39.5 Å². The fourth-order valence-electron chi connectivity index (χ4n) is 1.97. The molecule has 1 fully saturated rings. The van der Waals surface area contributed by atoms with Crippen molar-refractivity contribution in [3.8, 4) is 0 Å². The van der Waals surface area contributed by atoms with Gasteiger partial charge in [0.1, 0.15) is 6.04 Å². The smallest absolute Gasteiger partial charge is 0.242 e. The summed E-state index contributed by atoms with van der Waals surface area (Å²) in [7, 11) is 0. The lowest BCUT2D eigenvalue weighted by molar-refractivity contribution is -0.131. The second-order valence-electron chi connectivity index (χ2n) is 4.45. The molecule has 0 bridgehead atoms. The van der Waals surface area contributed by atoms with Gasteiger partial charge in [-0.3, -0.25) is 9.59 Å². The van der Waals surface area contributed by atoms with Crippen molar-refractivity contribution in [2.45, 2.75) is 51.1 Å². The van der Waals surface area contributed by atoms with E-state index in [9.17, 15) is 9.59 Å². The van der Waals surface area contributed by atoms with Crippen LogP contribution in [0.15, 0.2) is 0 Å². The maximum atomic E-state index is 11.9. The zero-order valence-corrected chi connectivity index (χ0v) is 11.2. The van der Waals surface area contributed by atoms with E-state index in [-0.39, 0.29) is 24.2 Å². The lowest BCUT2D eigenvalue weighted by atomic mass is 9.98. The van der Waals surface area contributed by atoms with Gasteiger partial charge in [-0.25, -0.2) is 0 Å². The molecule has 100 valence electrons. The predicted molar refractivity (Wildman–Crippen MR) is 68.9 cm³/mol. The van der Waals surface area contributed by atoms with Crippen molar-refractivity contribution in [3.05, 3.63) is 0 Å². The first-order valence-corrected chi connectivity index (χ1v) is 5.87. The molecule has 4 N–H and O–H groups in total. The van der Waals surface area contributed by atoms with Gasteiger partial charge in [-0.15, -0.1) is 12.4 Å². The molecule has 0 radical (unpaired) electrons. The minimum atomic E-state index is -0.763. The summed E-state index contributed by atoms with van der Waals surface area (Å²) in [5, 5.41) is 5.33. The summed E-state index contributed by atoms with van der Waals surface area (Å²) in [6.07, 6.45) is 3.39. The number of hydrogen-bond acceptors (Lipinski definition) is 3. The Morgan fingerprint density at radius 1 is 1.35 bits per heavy atom. The highest BCUT2D eigenvalue weighted by Crippen LogP contribution is 2.27. The van der Waals surface area contributed by atoms with E-state index in [1.807, 2.05) is 6.92 Å². The first kappa shape index (κ1) is 16.2. The molecule has 17 heavy (non-hydrogen) atoms. The third-order valence-corrected chi connectivity index (χ3v) is 3.04. The third-order valence-electron chi connectivity index (χ3n) is 3.04. The average Bonchev–Trinajstić information content (AvgIpc) is 2.66. The van der Waals surface area contributed by atoms with Gasteiger partial charge in [0.05, 0.1) is 5.54 Å². The quantitative estimate of drug-likeness (QED) is 0.683. The second-order valence-corrected chi connectivity index (χ2v) is 4.45. The number of carbonyl (C=O) groups excluding carboxylic acids is 2. The summed E-state index contributed by atoms with van der Waals surface area (Å²) >= 11 is 0. The summed E-state index contributed by atoms with van der Waals surface area (Å²) < 4.78 is 0. The molecular weight excluding hydrogens is 242 g/mol. The molecule has 2 amide bonds. The monoisotopic (exact) mass is 263 g/mol. The SMILES string of the molecule is CCNC(=O)C(C)NC(=O)C1(N)CCCC1.Cl. The Hall–Kier alpha value is -0.810. The van der Waals surface area contributed by atoms with Crippen molar-refractivity contribution in [2.75, 3.05) is 6.54 Å². The van der Waals surface area contributed by atoms with Crippen LogP contribution >= 0.6 is 12.4 Å². The van der Waals surface area contributed by atoms with Gasteiger partial charge >= 0.3 is 0 Å². The molecular formula is C11H22ClN3O2. The molecule has 0 spiro atoms. The molecule has 6 heteroatoms. The molecule has 1 unspecified atom stereocenters. The Labute approximate surface area is 108 Å². The molecule has 1 aliphatic rings. The number of likely N-dealkylation sites (N-methyl/N-ethyl adjacent to an activating group) is 1. The fraction of sp³-hybridized carbons (Fsp3) is 0.818. The van der Waals surface area contributed by atoms with Gasteiger partial charge in [-0.05, 0) is 26.7 Å². The summed E-state index contributed by atoms with van der Waals surface area (Å²) in [4.78, 5) is 23.3. The molecule has 0 aromatic rings. The van der Waals surface area contributed by atoms with E-state index in [1.54, 1.807) is 6.92 Å². The first-order valence-electron chi connectivity index (χ1n) is 5.87. The van der Waals surface area contributed by atoms with Gasteiger partial charge in [0.25, 0.3) is 0 Å². The normalized spacial score (nSPS) is 19.0. The van der Waals surface area contributed by atoms with Gasteiger partial charge in [-0.2, -0.15) is 0 Å². The highest BCUT2D eigenvalue weighted by molar-refractivity contribution is 5.91.